The molecule has 0 spiro atoms. The summed E-state index contributed by atoms with van der Waals surface area (Å²) >= 11 is 0. The molecule has 1 aliphatic carbocycles. The maximum atomic E-state index is 10.5. The molecule has 2 unspecified atom stereocenters. The van der Waals surface area contributed by atoms with Crippen LogP contribution in [0.4, 0.5) is 0 Å². The fraction of sp³-hybridized carbons (Fsp3) is 0.455. The number of ether oxygens (including phenoxy) is 4. The first-order valence-electron chi connectivity index (χ1n) is 9.31. The van der Waals surface area contributed by atoms with Crippen LogP contribution in [0.25, 0.3) is 11.1 Å². The summed E-state index contributed by atoms with van der Waals surface area (Å²) in [6.45, 7) is 4.40. The lowest BCUT2D eigenvalue weighted by Crippen LogP contribution is -2.18. The Labute approximate surface area is 165 Å². The minimum atomic E-state index is -0.287. The van der Waals surface area contributed by atoms with Gasteiger partial charge >= 0.3 is 0 Å². The average molecular weight is 388 g/mol. The van der Waals surface area contributed by atoms with Gasteiger partial charge in [-0.2, -0.15) is 0 Å². The molecular weight excluding hydrogens is 360 g/mol. The molecule has 0 radical (unpaired) electrons. The Morgan fingerprint density at radius 2 is 1.21 bits per heavy atom. The van der Waals surface area contributed by atoms with E-state index < -0.39 is 0 Å². The van der Waals surface area contributed by atoms with Gasteiger partial charge in [-0.05, 0) is 47.9 Å². The molecule has 1 aliphatic rings. The highest BCUT2D eigenvalue weighted by Gasteiger charge is 2.32. The summed E-state index contributed by atoms with van der Waals surface area (Å²) < 4.78 is 22.4. The zero-order chi connectivity index (χ0) is 20.6. The number of fused-ring (bicyclic) bond motifs is 3. The number of aromatic hydroxyl groups is 2. The second-order valence-corrected chi connectivity index (χ2v) is 7.35. The van der Waals surface area contributed by atoms with Crippen LogP contribution in [0.15, 0.2) is 12.1 Å². The highest BCUT2D eigenvalue weighted by atomic mass is 16.5. The van der Waals surface area contributed by atoms with Gasteiger partial charge in [-0.15, -0.1) is 0 Å². The monoisotopic (exact) mass is 388 g/mol. The number of phenolic OH excluding ortho intramolecular Hbond substituents is 2. The predicted octanol–water partition coefficient (Wildman–Crippen LogP) is 4.17. The molecule has 0 aromatic heterocycles. The van der Waals surface area contributed by atoms with Crippen LogP contribution in [0.2, 0.25) is 0 Å². The third-order valence-electron chi connectivity index (χ3n) is 5.74. The molecule has 0 saturated heterocycles. The molecule has 2 aromatic carbocycles. The average Bonchev–Trinajstić information content (AvgIpc) is 2.68. The van der Waals surface area contributed by atoms with Gasteiger partial charge in [0.2, 0.25) is 11.5 Å². The van der Waals surface area contributed by atoms with Gasteiger partial charge < -0.3 is 29.2 Å². The Bertz CT molecular complexity index is 890. The topological polar surface area (TPSA) is 77.4 Å². The van der Waals surface area contributed by atoms with Crippen molar-refractivity contribution in [3.05, 3.63) is 23.3 Å². The first-order chi connectivity index (χ1) is 13.4. The van der Waals surface area contributed by atoms with Crippen molar-refractivity contribution in [3.63, 3.8) is 0 Å². The molecule has 0 bridgehead atoms. The van der Waals surface area contributed by atoms with Gasteiger partial charge in [0, 0.05) is 11.1 Å². The molecule has 2 aromatic rings. The van der Waals surface area contributed by atoms with Gasteiger partial charge in [-0.25, -0.2) is 0 Å². The SMILES string of the molecule is COc1cc2c(c(OC)c1OC)-c1c(cc(O)c(O)c1OC)CC(C)C(C)C2. The van der Waals surface area contributed by atoms with Crippen LogP contribution < -0.4 is 18.9 Å². The van der Waals surface area contributed by atoms with E-state index in [1.54, 1.807) is 27.4 Å². The van der Waals surface area contributed by atoms with Crippen molar-refractivity contribution in [1.29, 1.82) is 0 Å². The number of hydrogen-bond donors (Lipinski definition) is 2. The minimum Gasteiger partial charge on any atom is -0.504 e. The molecule has 6 heteroatoms. The van der Waals surface area contributed by atoms with Gasteiger partial charge in [0.25, 0.3) is 0 Å². The summed E-state index contributed by atoms with van der Waals surface area (Å²) in [5.41, 5.74) is 3.40. The molecule has 0 fully saturated rings. The first-order valence-corrected chi connectivity index (χ1v) is 9.31. The second kappa shape index (κ2) is 7.70. The van der Waals surface area contributed by atoms with Gasteiger partial charge in [-0.1, -0.05) is 13.8 Å². The van der Waals surface area contributed by atoms with Gasteiger partial charge in [0.05, 0.1) is 28.4 Å². The van der Waals surface area contributed by atoms with Crippen LogP contribution in [0.5, 0.6) is 34.5 Å². The van der Waals surface area contributed by atoms with Gasteiger partial charge in [0.1, 0.15) is 0 Å². The van der Waals surface area contributed by atoms with Crippen LogP contribution >= 0.6 is 0 Å². The van der Waals surface area contributed by atoms with E-state index in [1.165, 1.54) is 7.11 Å². The van der Waals surface area contributed by atoms with E-state index in [1.807, 2.05) is 6.07 Å². The summed E-state index contributed by atoms with van der Waals surface area (Å²) in [5.74, 6) is 2.07. The normalized spacial score (nSPS) is 18.4. The Morgan fingerprint density at radius 1 is 0.714 bits per heavy atom. The summed E-state index contributed by atoms with van der Waals surface area (Å²) in [6.07, 6.45) is 1.54. The highest BCUT2D eigenvalue weighted by Crippen LogP contribution is 2.55. The van der Waals surface area contributed by atoms with Crippen molar-refractivity contribution < 1.29 is 29.2 Å². The molecule has 6 nitrogen and oxygen atoms in total. The molecule has 2 N–H and O–H groups in total. The van der Waals surface area contributed by atoms with Crippen LogP contribution in [0, 0.1) is 11.8 Å². The third kappa shape index (κ3) is 3.07. The Kier molecular flexibility index (Phi) is 5.49. The van der Waals surface area contributed by atoms with Crippen molar-refractivity contribution in [2.75, 3.05) is 28.4 Å². The zero-order valence-electron chi connectivity index (χ0n) is 17.3. The van der Waals surface area contributed by atoms with Crippen molar-refractivity contribution in [3.8, 4) is 45.6 Å². The molecule has 2 atom stereocenters. The molecule has 0 aliphatic heterocycles. The Morgan fingerprint density at radius 3 is 1.71 bits per heavy atom. The summed E-state index contributed by atoms with van der Waals surface area (Å²) in [5, 5.41) is 20.7. The Balaban J connectivity index is 2.49. The van der Waals surface area contributed by atoms with Crippen LogP contribution in [0.3, 0.4) is 0 Å². The fourth-order valence-corrected chi connectivity index (χ4v) is 4.06. The van der Waals surface area contributed by atoms with Crippen molar-refractivity contribution >= 4 is 0 Å². The van der Waals surface area contributed by atoms with Crippen molar-refractivity contribution in [1.82, 2.24) is 0 Å². The minimum absolute atomic E-state index is 0.197. The lowest BCUT2D eigenvalue weighted by Gasteiger charge is -2.30. The van der Waals surface area contributed by atoms with E-state index in [0.29, 0.717) is 34.6 Å². The molecule has 152 valence electrons. The van der Waals surface area contributed by atoms with Gasteiger partial charge in [0.15, 0.2) is 23.0 Å². The van der Waals surface area contributed by atoms with Gasteiger partial charge in [-0.3, -0.25) is 0 Å². The number of phenols is 2. The summed E-state index contributed by atoms with van der Waals surface area (Å²) in [4.78, 5) is 0. The number of methoxy groups -OCH3 is 4. The van der Waals surface area contributed by atoms with E-state index in [4.69, 9.17) is 18.9 Å². The largest absolute Gasteiger partial charge is 0.504 e. The number of benzene rings is 2. The molecule has 28 heavy (non-hydrogen) atoms. The lowest BCUT2D eigenvalue weighted by atomic mass is 9.77. The third-order valence-corrected chi connectivity index (χ3v) is 5.74. The summed E-state index contributed by atoms with van der Waals surface area (Å²) in [7, 11) is 6.21. The smallest absolute Gasteiger partial charge is 0.203 e. The maximum Gasteiger partial charge on any atom is 0.203 e. The second-order valence-electron chi connectivity index (χ2n) is 7.35. The van der Waals surface area contributed by atoms with Crippen molar-refractivity contribution in [2.45, 2.75) is 26.7 Å². The highest BCUT2D eigenvalue weighted by molar-refractivity contribution is 5.88. The van der Waals surface area contributed by atoms with E-state index in [0.717, 1.165) is 29.5 Å². The molecular formula is C22H28O6. The van der Waals surface area contributed by atoms with E-state index in [9.17, 15) is 10.2 Å². The molecule has 3 rings (SSSR count). The zero-order valence-corrected chi connectivity index (χ0v) is 17.3. The lowest BCUT2D eigenvalue weighted by molar-refractivity contribution is 0.321. The fourth-order valence-electron chi connectivity index (χ4n) is 4.06. The maximum absolute atomic E-state index is 10.5. The quantitative estimate of drug-likeness (QED) is 0.766. The number of hydrogen-bond acceptors (Lipinski definition) is 6. The van der Waals surface area contributed by atoms with E-state index >= 15 is 0 Å². The molecule has 0 saturated carbocycles. The van der Waals surface area contributed by atoms with Crippen LogP contribution in [-0.4, -0.2) is 38.7 Å². The predicted molar refractivity (Wildman–Crippen MR) is 107 cm³/mol. The number of rotatable bonds is 4. The van der Waals surface area contributed by atoms with Crippen LogP contribution in [-0.2, 0) is 12.8 Å². The Hall–Kier alpha value is -2.76. The molecule has 0 heterocycles. The van der Waals surface area contributed by atoms with E-state index in [2.05, 4.69) is 13.8 Å². The van der Waals surface area contributed by atoms with Crippen LogP contribution in [0.1, 0.15) is 25.0 Å². The standard InChI is InChI=1S/C22H28O6/c1-11-7-13-9-15(23)19(24)21(27-5)17(13)18-14(8-12(11)2)10-16(25-3)20(26-4)22(18)28-6/h9-12,23-24H,7-8H2,1-6H3. The van der Waals surface area contributed by atoms with Crippen molar-refractivity contribution in [2.24, 2.45) is 11.8 Å². The first kappa shape index (κ1) is 20.0. The molecule has 0 amide bonds. The van der Waals surface area contributed by atoms with E-state index in [-0.39, 0.29) is 17.2 Å². The summed E-state index contributed by atoms with van der Waals surface area (Å²) in [6, 6.07) is 3.57.